The third kappa shape index (κ3) is 4.20. The second kappa shape index (κ2) is 8.88. The predicted octanol–water partition coefficient (Wildman–Crippen LogP) is 3.50. The molecule has 7 heteroatoms. The number of hydrogen-bond donors (Lipinski definition) is 1. The minimum absolute atomic E-state index is 0.121. The molecule has 7 nitrogen and oxygen atoms in total. The number of piperidine rings is 1. The van der Waals surface area contributed by atoms with Crippen molar-refractivity contribution >= 4 is 22.8 Å². The molecule has 5 rings (SSSR count). The fourth-order valence-electron chi connectivity index (χ4n) is 5.18. The number of hydrogen-bond acceptors (Lipinski definition) is 5. The molecule has 1 fully saturated rings. The van der Waals surface area contributed by atoms with Crippen LogP contribution in [0.3, 0.4) is 0 Å². The number of carbonyl (C=O) groups excluding carboxylic acids is 1. The number of aryl methyl sites for hydroxylation is 4. The molecule has 0 bridgehead atoms. The highest BCUT2D eigenvalue weighted by atomic mass is 16.1. The molecule has 1 aromatic carbocycles. The second-order valence-electron chi connectivity index (χ2n) is 9.10. The number of amides is 1. The van der Waals surface area contributed by atoms with Crippen LogP contribution in [0.25, 0.3) is 11.0 Å². The minimum Gasteiger partial charge on any atom is -0.356 e. The predicted molar refractivity (Wildman–Crippen MR) is 126 cm³/mol. The zero-order valence-electron chi connectivity index (χ0n) is 19.1. The van der Waals surface area contributed by atoms with Crippen molar-refractivity contribution < 1.29 is 4.79 Å². The molecular formula is C25H32N6O. The van der Waals surface area contributed by atoms with E-state index in [4.69, 9.17) is 4.98 Å². The Kier molecular flexibility index (Phi) is 5.81. The molecule has 2 aliphatic rings. The van der Waals surface area contributed by atoms with Gasteiger partial charge in [0.15, 0.2) is 0 Å². The number of aromatic nitrogens is 4. The van der Waals surface area contributed by atoms with Crippen molar-refractivity contribution in [1.82, 2.24) is 24.8 Å². The third-order valence-corrected chi connectivity index (χ3v) is 6.84. The topological polar surface area (TPSA) is 75.9 Å². The Morgan fingerprint density at radius 2 is 1.84 bits per heavy atom. The van der Waals surface area contributed by atoms with Gasteiger partial charge in [0.05, 0.1) is 11.0 Å². The van der Waals surface area contributed by atoms with Crippen molar-refractivity contribution in [3.63, 3.8) is 0 Å². The van der Waals surface area contributed by atoms with Crippen molar-refractivity contribution in [2.24, 2.45) is 0 Å². The molecule has 1 saturated heterocycles. The molecule has 0 radical (unpaired) electrons. The number of fused-ring (bicyclic) bond motifs is 2. The Bertz CT molecular complexity index is 1130. The summed E-state index contributed by atoms with van der Waals surface area (Å²) < 4.78 is 2.14. The first-order chi connectivity index (χ1) is 15.6. The van der Waals surface area contributed by atoms with Gasteiger partial charge in [-0.1, -0.05) is 12.1 Å². The van der Waals surface area contributed by atoms with E-state index in [-0.39, 0.29) is 11.9 Å². The lowest BCUT2D eigenvalue weighted by atomic mass is 9.95. The summed E-state index contributed by atoms with van der Waals surface area (Å²) in [6.07, 6.45) is 7.00. The van der Waals surface area contributed by atoms with Gasteiger partial charge in [-0.25, -0.2) is 15.0 Å². The van der Waals surface area contributed by atoms with E-state index in [9.17, 15) is 4.79 Å². The van der Waals surface area contributed by atoms with Crippen molar-refractivity contribution in [3.8, 4) is 0 Å². The van der Waals surface area contributed by atoms with Crippen LogP contribution in [0.15, 0.2) is 24.3 Å². The lowest BCUT2D eigenvalue weighted by Gasteiger charge is -2.35. The van der Waals surface area contributed by atoms with Crippen LogP contribution in [0.2, 0.25) is 0 Å². The molecule has 1 aliphatic carbocycles. The highest BCUT2D eigenvalue weighted by Gasteiger charge is 2.26. The van der Waals surface area contributed by atoms with E-state index in [1.54, 1.807) is 0 Å². The maximum absolute atomic E-state index is 12.7. The molecule has 3 aromatic rings. The van der Waals surface area contributed by atoms with E-state index in [0.717, 1.165) is 67.3 Å². The summed E-state index contributed by atoms with van der Waals surface area (Å²) in [5, 5.41) is 3.26. The number of rotatable bonds is 5. The Balaban J connectivity index is 1.16. The number of anilines is 1. The molecular weight excluding hydrogens is 400 g/mol. The number of nitrogens with one attached hydrogen (secondary N) is 1. The van der Waals surface area contributed by atoms with Crippen LogP contribution in [0.4, 0.5) is 5.82 Å². The van der Waals surface area contributed by atoms with Crippen LogP contribution >= 0.6 is 0 Å². The Hall–Kier alpha value is -2.96. The van der Waals surface area contributed by atoms with Gasteiger partial charge < -0.3 is 14.8 Å². The molecule has 1 amide bonds. The van der Waals surface area contributed by atoms with E-state index >= 15 is 0 Å². The number of nitrogens with zero attached hydrogens (tertiary/aromatic N) is 5. The van der Waals surface area contributed by atoms with Crippen molar-refractivity contribution in [1.29, 1.82) is 0 Å². The first-order valence-corrected chi connectivity index (χ1v) is 11.9. The third-order valence-electron chi connectivity index (χ3n) is 6.84. The first kappa shape index (κ1) is 20.9. The summed E-state index contributed by atoms with van der Waals surface area (Å²) in [5.41, 5.74) is 4.68. The largest absolute Gasteiger partial charge is 0.356 e. The van der Waals surface area contributed by atoms with Gasteiger partial charge in [0.25, 0.3) is 0 Å². The lowest BCUT2D eigenvalue weighted by Crippen LogP contribution is -2.45. The van der Waals surface area contributed by atoms with E-state index < -0.39 is 0 Å². The minimum atomic E-state index is 0.121. The van der Waals surface area contributed by atoms with Crippen LogP contribution in [0.1, 0.15) is 55.0 Å². The molecule has 0 saturated carbocycles. The fraction of sp³-hybridized carbons (Fsp3) is 0.520. The summed E-state index contributed by atoms with van der Waals surface area (Å²) in [5.74, 6) is 3.09. The average Bonchev–Trinajstić information content (AvgIpc) is 3.12. The Morgan fingerprint density at radius 3 is 2.69 bits per heavy atom. The first-order valence-electron chi connectivity index (χ1n) is 11.9. The van der Waals surface area contributed by atoms with Crippen LogP contribution in [0, 0.1) is 13.8 Å². The summed E-state index contributed by atoms with van der Waals surface area (Å²) >= 11 is 0. The van der Waals surface area contributed by atoms with Crippen molar-refractivity contribution in [2.75, 3.05) is 18.0 Å². The monoisotopic (exact) mass is 432 g/mol. The molecule has 0 unspecified atom stereocenters. The van der Waals surface area contributed by atoms with E-state index in [1.165, 1.54) is 24.1 Å². The normalized spacial score (nSPS) is 16.9. The molecule has 2 aromatic heterocycles. The summed E-state index contributed by atoms with van der Waals surface area (Å²) in [7, 11) is 0. The van der Waals surface area contributed by atoms with Crippen LogP contribution < -0.4 is 10.2 Å². The molecule has 1 aliphatic heterocycles. The number of benzene rings is 1. The van der Waals surface area contributed by atoms with Crippen molar-refractivity contribution in [3.05, 3.63) is 47.2 Å². The maximum Gasteiger partial charge on any atom is 0.222 e. The maximum atomic E-state index is 12.7. The van der Waals surface area contributed by atoms with Crippen LogP contribution in [0.5, 0.6) is 0 Å². The van der Waals surface area contributed by atoms with Gasteiger partial charge in [-0.05, 0) is 64.5 Å². The van der Waals surface area contributed by atoms with Crippen LogP contribution in [-0.4, -0.2) is 44.6 Å². The smallest absolute Gasteiger partial charge is 0.222 e. The van der Waals surface area contributed by atoms with Gasteiger partial charge in [-0.15, -0.1) is 0 Å². The molecule has 168 valence electrons. The zero-order valence-corrected chi connectivity index (χ0v) is 19.1. The molecule has 0 atom stereocenters. The van der Waals surface area contributed by atoms with Gasteiger partial charge in [-0.3, -0.25) is 4.79 Å². The van der Waals surface area contributed by atoms with Crippen LogP contribution in [-0.2, 0) is 24.2 Å². The highest BCUT2D eigenvalue weighted by Crippen LogP contribution is 2.29. The molecule has 32 heavy (non-hydrogen) atoms. The lowest BCUT2D eigenvalue weighted by molar-refractivity contribution is -0.122. The Labute approximate surface area is 189 Å². The second-order valence-corrected chi connectivity index (χ2v) is 9.10. The summed E-state index contributed by atoms with van der Waals surface area (Å²) in [6.45, 7) is 6.51. The molecule has 1 N–H and O–H groups in total. The Morgan fingerprint density at radius 1 is 1.06 bits per heavy atom. The summed E-state index contributed by atoms with van der Waals surface area (Å²) in [6, 6.07) is 8.33. The van der Waals surface area contributed by atoms with Gasteiger partial charge in [0.2, 0.25) is 5.91 Å². The zero-order chi connectivity index (χ0) is 22.1. The average molecular weight is 433 g/mol. The number of para-hydroxylation sites is 2. The van der Waals surface area contributed by atoms with Gasteiger partial charge in [0.1, 0.15) is 17.5 Å². The highest BCUT2D eigenvalue weighted by molar-refractivity contribution is 5.78. The molecule has 3 heterocycles. The molecule has 0 spiro atoms. The van der Waals surface area contributed by atoms with E-state index in [0.29, 0.717) is 13.0 Å². The van der Waals surface area contributed by atoms with Crippen molar-refractivity contribution in [2.45, 2.75) is 71.4 Å². The summed E-state index contributed by atoms with van der Waals surface area (Å²) in [4.78, 5) is 29.2. The van der Waals surface area contributed by atoms with E-state index in [1.807, 2.05) is 32.0 Å². The van der Waals surface area contributed by atoms with E-state index in [2.05, 4.69) is 30.8 Å². The number of imidazole rings is 1. The quantitative estimate of drug-likeness (QED) is 0.668. The standard InChI is InChI=1S/C25H32N6O/c1-17-26-21-8-4-3-7-20(21)25(27-17)30-14-11-19(12-15-30)29-24(32)13-16-31-18(2)28-22-9-5-6-10-23(22)31/h5-6,9-10,19H,3-4,7-8,11-16H2,1-2H3,(H,29,32). The van der Waals surface area contributed by atoms with Gasteiger partial charge in [0, 0.05) is 43.4 Å². The van der Waals surface area contributed by atoms with Gasteiger partial charge in [-0.2, -0.15) is 0 Å². The fourth-order valence-corrected chi connectivity index (χ4v) is 5.18. The van der Waals surface area contributed by atoms with Gasteiger partial charge >= 0.3 is 0 Å². The number of carbonyl (C=O) groups is 1. The SMILES string of the molecule is Cc1nc2c(c(N3CCC(NC(=O)CCn4c(C)nc5ccccc54)CC3)n1)CCCC2.